The van der Waals surface area contributed by atoms with Crippen molar-refractivity contribution in [3.05, 3.63) is 28.8 Å². The Labute approximate surface area is 104 Å². The molecule has 0 saturated carbocycles. The lowest BCUT2D eigenvalue weighted by molar-refractivity contribution is 0.104. The first-order valence-electron chi connectivity index (χ1n) is 5.86. The van der Waals surface area contributed by atoms with Crippen molar-refractivity contribution in [2.45, 2.75) is 45.8 Å². The Morgan fingerprint density at radius 2 is 1.76 bits per heavy atom. The molecule has 0 radical (unpaired) electrons. The average molecular weight is 237 g/mol. The van der Waals surface area contributed by atoms with Crippen LogP contribution in [0.4, 0.5) is 0 Å². The summed E-state index contributed by atoms with van der Waals surface area (Å²) in [5, 5.41) is 9.99. The van der Waals surface area contributed by atoms with Crippen LogP contribution < -0.4 is 10.5 Å². The summed E-state index contributed by atoms with van der Waals surface area (Å²) in [6.07, 6.45) is 0.0181. The van der Waals surface area contributed by atoms with Gasteiger partial charge in [0.1, 0.15) is 5.75 Å². The fourth-order valence-corrected chi connectivity index (χ4v) is 1.97. The molecule has 0 spiro atoms. The molecule has 3 N–H and O–H groups in total. The van der Waals surface area contributed by atoms with E-state index < -0.39 is 11.6 Å². The lowest BCUT2D eigenvalue weighted by Gasteiger charge is -2.26. The van der Waals surface area contributed by atoms with Crippen molar-refractivity contribution >= 4 is 0 Å². The maximum Gasteiger partial charge on any atom is 0.124 e. The average Bonchev–Trinajstić information content (AvgIpc) is 2.15. The van der Waals surface area contributed by atoms with Crippen LogP contribution in [0.2, 0.25) is 0 Å². The van der Waals surface area contributed by atoms with E-state index in [0.29, 0.717) is 6.42 Å². The van der Waals surface area contributed by atoms with Gasteiger partial charge in [-0.25, -0.2) is 0 Å². The van der Waals surface area contributed by atoms with Crippen LogP contribution in [0.1, 0.15) is 30.5 Å². The highest BCUT2D eigenvalue weighted by Gasteiger charge is 2.23. The molecule has 1 rings (SSSR count). The van der Waals surface area contributed by atoms with E-state index in [1.807, 2.05) is 39.8 Å². The Kier molecular flexibility index (Phi) is 4.17. The first-order chi connectivity index (χ1) is 7.75. The van der Waals surface area contributed by atoms with Crippen LogP contribution in [0.3, 0.4) is 0 Å². The maximum atomic E-state index is 9.99. The Morgan fingerprint density at radius 3 is 2.12 bits per heavy atom. The van der Waals surface area contributed by atoms with Crippen molar-refractivity contribution in [3.8, 4) is 5.75 Å². The fourth-order valence-electron chi connectivity index (χ4n) is 1.97. The molecule has 1 unspecified atom stereocenters. The molecule has 0 aliphatic carbocycles. The highest BCUT2D eigenvalue weighted by atomic mass is 16.5. The van der Waals surface area contributed by atoms with Gasteiger partial charge in [-0.15, -0.1) is 0 Å². The molecule has 1 aromatic carbocycles. The van der Waals surface area contributed by atoms with Crippen LogP contribution in [-0.4, -0.2) is 23.9 Å². The van der Waals surface area contributed by atoms with E-state index in [0.717, 1.165) is 22.4 Å². The molecule has 0 fully saturated rings. The van der Waals surface area contributed by atoms with Gasteiger partial charge in [-0.1, -0.05) is 12.1 Å². The van der Waals surface area contributed by atoms with Gasteiger partial charge in [0.2, 0.25) is 0 Å². The fraction of sp³-hybridized carbons (Fsp3) is 0.571. The highest BCUT2D eigenvalue weighted by molar-refractivity contribution is 5.43. The zero-order valence-electron chi connectivity index (χ0n) is 11.4. The number of hydrogen-bond acceptors (Lipinski definition) is 3. The van der Waals surface area contributed by atoms with Gasteiger partial charge in [-0.05, 0) is 44.4 Å². The number of methoxy groups -OCH3 is 1. The van der Waals surface area contributed by atoms with E-state index in [9.17, 15) is 5.11 Å². The second kappa shape index (κ2) is 5.07. The van der Waals surface area contributed by atoms with Crippen LogP contribution in [0, 0.1) is 13.8 Å². The number of nitrogens with two attached hydrogens (primary N) is 1. The molecule has 3 heteroatoms. The second-order valence-corrected chi connectivity index (χ2v) is 5.30. The second-order valence-electron chi connectivity index (χ2n) is 5.30. The molecule has 0 heterocycles. The van der Waals surface area contributed by atoms with Gasteiger partial charge in [0, 0.05) is 12.0 Å². The van der Waals surface area contributed by atoms with Crippen molar-refractivity contribution in [1.82, 2.24) is 0 Å². The van der Waals surface area contributed by atoms with Crippen molar-refractivity contribution in [2.24, 2.45) is 5.73 Å². The minimum absolute atomic E-state index is 0.547. The molecule has 0 aliphatic heterocycles. The number of aliphatic hydroxyl groups excluding tert-OH is 1. The molecule has 3 nitrogen and oxygen atoms in total. The molecule has 1 aromatic rings. The van der Waals surface area contributed by atoms with E-state index in [1.54, 1.807) is 7.11 Å². The Balaban J connectivity index is 2.94. The number of hydrogen-bond donors (Lipinski definition) is 2. The third kappa shape index (κ3) is 3.45. The Bertz CT molecular complexity index is 371. The van der Waals surface area contributed by atoms with Gasteiger partial charge in [0.05, 0.1) is 13.2 Å². The number of rotatable bonds is 4. The largest absolute Gasteiger partial charge is 0.496 e. The quantitative estimate of drug-likeness (QED) is 0.841. The van der Waals surface area contributed by atoms with Crippen molar-refractivity contribution in [3.63, 3.8) is 0 Å². The maximum absolute atomic E-state index is 9.99. The third-order valence-corrected chi connectivity index (χ3v) is 3.01. The monoisotopic (exact) mass is 237 g/mol. The van der Waals surface area contributed by atoms with Gasteiger partial charge in [0.25, 0.3) is 0 Å². The van der Waals surface area contributed by atoms with Gasteiger partial charge < -0.3 is 15.6 Å². The van der Waals surface area contributed by atoms with Crippen LogP contribution >= 0.6 is 0 Å². The summed E-state index contributed by atoms with van der Waals surface area (Å²) in [6.45, 7) is 7.69. The van der Waals surface area contributed by atoms with E-state index in [-0.39, 0.29) is 0 Å². The van der Waals surface area contributed by atoms with Gasteiger partial charge in [-0.3, -0.25) is 0 Å². The molecule has 0 aliphatic rings. The number of aliphatic hydroxyl groups is 1. The summed E-state index contributed by atoms with van der Waals surface area (Å²) in [7, 11) is 1.67. The first kappa shape index (κ1) is 14.0. The van der Waals surface area contributed by atoms with E-state index in [4.69, 9.17) is 10.5 Å². The lowest BCUT2D eigenvalue weighted by atomic mass is 9.91. The summed E-state index contributed by atoms with van der Waals surface area (Å²) in [5.74, 6) is 0.912. The molecule has 0 aromatic heterocycles. The minimum Gasteiger partial charge on any atom is -0.496 e. The summed E-state index contributed by atoms with van der Waals surface area (Å²) in [5.41, 5.74) is 8.57. The van der Waals surface area contributed by atoms with E-state index in [1.165, 1.54) is 0 Å². The van der Waals surface area contributed by atoms with E-state index in [2.05, 4.69) is 0 Å². The molecule has 1 atom stereocenters. The summed E-state index contributed by atoms with van der Waals surface area (Å²) < 4.78 is 5.32. The zero-order chi connectivity index (χ0) is 13.2. The molecular formula is C14H23NO2. The zero-order valence-corrected chi connectivity index (χ0v) is 11.4. The van der Waals surface area contributed by atoms with Crippen molar-refractivity contribution < 1.29 is 9.84 Å². The smallest absolute Gasteiger partial charge is 0.124 e. The highest BCUT2D eigenvalue weighted by Crippen LogP contribution is 2.25. The van der Waals surface area contributed by atoms with Gasteiger partial charge in [-0.2, -0.15) is 0 Å². The summed E-state index contributed by atoms with van der Waals surface area (Å²) in [4.78, 5) is 0. The normalized spacial score (nSPS) is 13.6. The number of ether oxygens (including phenoxy) is 1. The molecular weight excluding hydrogens is 214 g/mol. The van der Waals surface area contributed by atoms with Crippen LogP contribution in [0.5, 0.6) is 5.75 Å². The van der Waals surface area contributed by atoms with E-state index >= 15 is 0 Å². The first-order valence-corrected chi connectivity index (χ1v) is 5.86. The molecule has 96 valence electrons. The standard InChI is InChI=1S/C14H23NO2/c1-9-6-11(7-10(2)13(9)17-5)8-12(16)14(3,4)15/h6-7,12,16H,8,15H2,1-5H3. The van der Waals surface area contributed by atoms with Crippen LogP contribution in [-0.2, 0) is 6.42 Å². The number of aryl methyl sites for hydroxylation is 2. The molecule has 0 bridgehead atoms. The molecule has 0 amide bonds. The predicted molar refractivity (Wildman–Crippen MR) is 70.4 cm³/mol. The van der Waals surface area contributed by atoms with Crippen molar-refractivity contribution in [1.29, 1.82) is 0 Å². The topological polar surface area (TPSA) is 55.5 Å². The van der Waals surface area contributed by atoms with Crippen LogP contribution in [0.15, 0.2) is 12.1 Å². The number of benzene rings is 1. The van der Waals surface area contributed by atoms with Gasteiger partial charge in [0.15, 0.2) is 0 Å². The SMILES string of the molecule is COc1c(C)cc(CC(O)C(C)(C)N)cc1C. The van der Waals surface area contributed by atoms with Crippen molar-refractivity contribution in [2.75, 3.05) is 7.11 Å². The lowest BCUT2D eigenvalue weighted by Crippen LogP contribution is -2.46. The summed E-state index contributed by atoms with van der Waals surface area (Å²) in [6, 6.07) is 4.08. The minimum atomic E-state index is -0.582. The Hall–Kier alpha value is -1.06. The predicted octanol–water partition coefficient (Wildman–Crippen LogP) is 1.95. The van der Waals surface area contributed by atoms with Gasteiger partial charge >= 0.3 is 0 Å². The Morgan fingerprint density at radius 1 is 1.29 bits per heavy atom. The molecule has 0 saturated heterocycles. The van der Waals surface area contributed by atoms with Crippen LogP contribution in [0.25, 0.3) is 0 Å². The third-order valence-electron chi connectivity index (χ3n) is 3.01. The molecule has 17 heavy (non-hydrogen) atoms. The summed E-state index contributed by atoms with van der Waals surface area (Å²) >= 11 is 0.